The van der Waals surface area contributed by atoms with E-state index in [4.69, 9.17) is 0 Å². The second-order valence-electron chi connectivity index (χ2n) is 6.19. The van der Waals surface area contributed by atoms with E-state index in [1.54, 1.807) is 16.8 Å². The van der Waals surface area contributed by atoms with Gasteiger partial charge in [-0.2, -0.15) is 0 Å². The van der Waals surface area contributed by atoms with Gasteiger partial charge in [-0.1, -0.05) is 60.7 Å². The maximum absolute atomic E-state index is 11.8. The highest BCUT2D eigenvalue weighted by atomic mass is 16.4. The van der Waals surface area contributed by atoms with Crippen molar-refractivity contribution in [3.05, 3.63) is 95.9 Å². The first-order valence-corrected chi connectivity index (χ1v) is 8.55. The van der Waals surface area contributed by atoms with Crippen molar-refractivity contribution >= 4 is 11.6 Å². The lowest BCUT2D eigenvalue weighted by atomic mass is 9.95. The Labute approximate surface area is 151 Å². The molecule has 1 N–H and O–H groups in total. The summed E-state index contributed by atoms with van der Waals surface area (Å²) >= 11 is 0. The minimum atomic E-state index is -0.931. The zero-order chi connectivity index (χ0) is 17.9. The van der Waals surface area contributed by atoms with Crippen LogP contribution in [0.2, 0.25) is 0 Å². The van der Waals surface area contributed by atoms with Crippen molar-refractivity contribution in [2.45, 2.75) is 12.8 Å². The van der Waals surface area contributed by atoms with Crippen LogP contribution in [-0.4, -0.2) is 20.5 Å². The van der Waals surface area contributed by atoms with Crippen LogP contribution < -0.4 is 0 Å². The van der Waals surface area contributed by atoms with E-state index in [9.17, 15) is 9.90 Å². The molecule has 26 heavy (non-hydrogen) atoms. The van der Waals surface area contributed by atoms with Crippen molar-refractivity contribution in [3.63, 3.8) is 0 Å². The summed E-state index contributed by atoms with van der Waals surface area (Å²) in [6.07, 6.45) is 4.74. The molecule has 0 spiro atoms. The molecule has 0 radical (unpaired) electrons. The second kappa shape index (κ2) is 6.84. The first-order valence-electron chi connectivity index (χ1n) is 8.55. The number of carboxylic acids is 1. The number of nitrogens with zero attached hydrogens (tertiary/aromatic N) is 2. The summed E-state index contributed by atoms with van der Waals surface area (Å²) in [4.78, 5) is 16.0. The molecule has 0 bridgehead atoms. The third-order valence-electron chi connectivity index (χ3n) is 4.62. The number of benzene rings is 2. The van der Waals surface area contributed by atoms with Gasteiger partial charge in [-0.05, 0) is 41.2 Å². The van der Waals surface area contributed by atoms with E-state index in [2.05, 4.69) is 29.2 Å². The van der Waals surface area contributed by atoms with Crippen LogP contribution in [0, 0.1) is 0 Å². The molecule has 128 valence electrons. The van der Waals surface area contributed by atoms with Crippen LogP contribution in [-0.2, 0) is 12.8 Å². The molecule has 0 aliphatic rings. The number of aromatic carboxylic acids is 1. The van der Waals surface area contributed by atoms with Gasteiger partial charge in [0.2, 0.25) is 0 Å². The summed E-state index contributed by atoms with van der Waals surface area (Å²) in [7, 11) is 0. The van der Waals surface area contributed by atoms with Gasteiger partial charge in [0.15, 0.2) is 0 Å². The van der Waals surface area contributed by atoms with Crippen LogP contribution in [0.3, 0.4) is 0 Å². The van der Waals surface area contributed by atoms with Crippen LogP contribution in [0.25, 0.3) is 16.8 Å². The van der Waals surface area contributed by atoms with Crippen molar-refractivity contribution in [2.75, 3.05) is 0 Å². The summed E-state index contributed by atoms with van der Waals surface area (Å²) in [6.45, 7) is 0. The molecule has 4 heteroatoms. The first-order chi connectivity index (χ1) is 12.7. The standard InChI is InChI=1S/C22H18N2O2/c25-22(26)21-18(12-13-20-23-14-15-24(20)21)11-10-17-8-4-5-9-19(17)16-6-2-1-3-7-16/h1-9,12-15H,10-11H2,(H,25,26). The predicted molar refractivity (Wildman–Crippen MR) is 101 cm³/mol. The molecule has 4 nitrogen and oxygen atoms in total. The minimum absolute atomic E-state index is 0.289. The predicted octanol–water partition coefficient (Wildman–Crippen LogP) is 4.48. The minimum Gasteiger partial charge on any atom is -0.477 e. The van der Waals surface area contributed by atoms with Gasteiger partial charge in [0.1, 0.15) is 11.3 Å². The van der Waals surface area contributed by atoms with Crippen molar-refractivity contribution in [1.82, 2.24) is 9.38 Å². The summed E-state index contributed by atoms with van der Waals surface area (Å²) < 4.78 is 1.64. The Morgan fingerprint density at radius 1 is 0.885 bits per heavy atom. The first kappa shape index (κ1) is 16.1. The van der Waals surface area contributed by atoms with E-state index in [1.165, 1.54) is 16.7 Å². The van der Waals surface area contributed by atoms with Gasteiger partial charge in [-0.25, -0.2) is 9.78 Å². The number of aryl methyl sites for hydroxylation is 2. The van der Waals surface area contributed by atoms with Crippen LogP contribution in [0.1, 0.15) is 21.6 Å². The van der Waals surface area contributed by atoms with E-state index in [1.807, 2.05) is 42.5 Å². The van der Waals surface area contributed by atoms with Crippen LogP contribution >= 0.6 is 0 Å². The lowest BCUT2D eigenvalue weighted by Gasteiger charge is -2.12. The normalized spacial score (nSPS) is 10.9. The molecule has 2 heterocycles. The molecule has 0 amide bonds. The number of hydrogen-bond donors (Lipinski definition) is 1. The number of carboxylic acid groups (broad SMARTS) is 1. The van der Waals surface area contributed by atoms with Gasteiger partial charge >= 0.3 is 5.97 Å². The molecule has 0 fully saturated rings. The maximum atomic E-state index is 11.8. The number of carbonyl (C=O) groups is 1. The average molecular weight is 342 g/mol. The summed E-state index contributed by atoms with van der Waals surface area (Å²) in [5.74, 6) is -0.931. The molecule has 4 rings (SSSR count). The Balaban J connectivity index is 1.68. The second-order valence-corrected chi connectivity index (χ2v) is 6.19. The average Bonchev–Trinajstić information content (AvgIpc) is 3.15. The quantitative estimate of drug-likeness (QED) is 0.581. The molecule has 4 aromatic rings. The van der Waals surface area contributed by atoms with E-state index in [0.29, 0.717) is 12.1 Å². The largest absolute Gasteiger partial charge is 0.477 e. The van der Waals surface area contributed by atoms with E-state index >= 15 is 0 Å². The number of rotatable bonds is 5. The van der Waals surface area contributed by atoms with Gasteiger partial charge in [0.25, 0.3) is 0 Å². The fourth-order valence-corrected chi connectivity index (χ4v) is 3.39. The summed E-state index contributed by atoms with van der Waals surface area (Å²) in [6, 6.07) is 22.3. The SMILES string of the molecule is O=C(O)c1c(CCc2ccccc2-c2ccccc2)ccc2nccn12. The Morgan fingerprint density at radius 2 is 1.62 bits per heavy atom. The molecular formula is C22H18N2O2. The lowest BCUT2D eigenvalue weighted by Crippen LogP contribution is -2.10. The Morgan fingerprint density at radius 3 is 2.42 bits per heavy atom. The molecule has 0 unspecified atom stereocenters. The highest BCUT2D eigenvalue weighted by Gasteiger charge is 2.15. The lowest BCUT2D eigenvalue weighted by molar-refractivity contribution is 0.0687. The number of hydrogen-bond acceptors (Lipinski definition) is 2. The summed E-state index contributed by atoms with van der Waals surface area (Å²) in [5, 5.41) is 9.66. The van der Waals surface area contributed by atoms with Crippen LogP contribution in [0.5, 0.6) is 0 Å². The number of imidazole rings is 1. The third kappa shape index (κ3) is 2.97. The highest BCUT2D eigenvalue weighted by Crippen LogP contribution is 2.25. The van der Waals surface area contributed by atoms with Gasteiger partial charge in [-0.15, -0.1) is 0 Å². The summed E-state index contributed by atoms with van der Waals surface area (Å²) in [5.41, 5.74) is 5.32. The number of fused-ring (bicyclic) bond motifs is 1. The fraction of sp³-hybridized carbons (Fsp3) is 0.0909. The molecule has 0 aliphatic carbocycles. The van der Waals surface area contributed by atoms with Crippen molar-refractivity contribution in [1.29, 1.82) is 0 Å². The monoisotopic (exact) mass is 342 g/mol. The maximum Gasteiger partial charge on any atom is 0.353 e. The Bertz CT molecular complexity index is 1070. The van der Waals surface area contributed by atoms with Crippen LogP contribution in [0.4, 0.5) is 0 Å². The van der Waals surface area contributed by atoms with E-state index < -0.39 is 5.97 Å². The van der Waals surface area contributed by atoms with Gasteiger partial charge in [0, 0.05) is 12.4 Å². The molecule has 2 aromatic heterocycles. The number of pyridine rings is 1. The molecule has 0 saturated carbocycles. The highest BCUT2D eigenvalue weighted by molar-refractivity contribution is 5.88. The zero-order valence-corrected chi connectivity index (χ0v) is 14.2. The molecule has 2 aromatic carbocycles. The Kier molecular flexibility index (Phi) is 4.23. The Hall–Kier alpha value is -3.40. The topological polar surface area (TPSA) is 54.6 Å². The van der Waals surface area contributed by atoms with Crippen molar-refractivity contribution in [3.8, 4) is 11.1 Å². The third-order valence-corrected chi connectivity index (χ3v) is 4.62. The fourth-order valence-electron chi connectivity index (χ4n) is 3.39. The van der Waals surface area contributed by atoms with Crippen molar-refractivity contribution in [2.24, 2.45) is 0 Å². The molecule has 0 atom stereocenters. The van der Waals surface area contributed by atoms with E-state index in [-0.39, 0.29) is 5.69 Å². The molecule has 0 saturated heterocycles. The van der Waals surface area contributed by atoms with Crippen LogP contribution in [0.15, 0.2) is 79.1 Å². The van der Waals surface area contributed by atoms with Crippen molar-refractivity contribution < 1.29 is 9.90 Å². The molecular weight excluding hydrogens is 324 g/mol. The van der Waals surface area contributed by atoms with Gasteiger partial charge in [0.05, 0.1) is 0 Å². The van der Waals surface area contributed by atoms with E-state index in [0.717, 1.165) is 12.0 Å². The molecule has 0 aliphatic heterocycles. The zero-order valence-electron chi connectivity index (χ0n) is 14.2. The number of aromatic nitrogens is 2. The van der Waals surface area contributed by atoms with Gasteiger partial charge in [-0.3, -0.25) is 4.40 Å². The smallest absolute Gasteiger partial charge is 0.353 e. The van der Waals surface area contributed by atoms with Gasteiger partial charge < -0.3 is 5.11 Å².